The molecule has 0 unspecified atom stereocenters. The molecule has 0 aromatic rings. The van der Waals surface area contributed by atoms with Gasteiger partial charge in [-0.25, -0.2) is 0 Å². The fourth-order valence-electron chi connectivity index (χ4n) is 1.68. The van der Waals surface area contributed by atoms with Crippen molar-refractivity contribution in [2.45, 2.75) is 4.58 Å². The normalized spacial score (nSPS) is 22.1. The fraction of sp³-hybridized carbons (Fsp3) is 0.875. The number of thioether (sulfide) groups is 2. The minimum Gasteiger partial charge on any atom is -0.351 e. The lowest BCUT2D eigenvalue weighted by molar-refractivity contribution is -0.464. The van der Waals surface area contributed by atoms with Crippen LogP contribution in [0.3, 0.4) is 0 Å². The van der Waals surface area contributed by atoms with Gasteiger partial charge >= 0.3 is 0 Å². The third-order valence-electron chi connectivity index (χ3n) is 2.36. The smallest absolute Gasteiger partial charge is 0.260 e. The van der Waals surface area contributed by atoms with Gasteiger partial charge in [0.15, 0.2) is 5.84 Å². The summed E-state index contributed by atoms with van der Waals surface area (Å²) in [5, 5.41) is 10.4. The highest BCUT2D eigenvalue weighted by molar-refractivity contribution is 8.20. The van der Waals surface area contributed by atoms with Gasteiger partial charge in [0.25, 0.3) is 6.54 Å². The van der Waals surface area contributed by atoms with E-state index in [1.165, 1.54) is 11.5 Å². The topological polar surface area (TPSA) is 58.7 Å². The molecule has 0 aromatic heterocycles. The van der Waals surface area contributed by atoms with E-state index in [9.17, 15) is 10.1 Å². The van der Waals surface area contributed by atoms with Crippen LogP contribution >= 0.6 is 23.5 Å². The fourth-order valence-corrected chi connectivity index (χ4v) is 4.51. The molecule has 84 valence electrons. The van der Waals surface area contributed by atoms with E-state index in [0.29, 0.717) is 17.0 Å². The molecule has 1 fully saturated rings. The maximum Gasteiger partial charge on any atom is 0.260 e. The Labute approximate surface area is 96.8 Å². The van der Waals surface area contributed by atoms with Gasteiger partial charge in [-0.2, -0.15) is 0 Å². The Kier molecular flexibility index (Phi) is 3.74. The minimum absolute atomic E-state index is 0.123. The van der Waals surface area contributed by atoms with Crippen LogP contribution in [0.1, 0.15) is 0 Å². The molecular formula is C8H13N3O2S2. The van der Waals surface area contributed by atoms with Gasteiger partial charge in [0.2, 0.25) is 0 Å². The molecule has 5 nitrogen and oxygen atoms in total. The number of hydrogen-bond acceptors (Lipinski definition) is 6. The quantitative estimate of drug-likeness (QED) is 0.543. The first kappa shape index (κ1) is 11.1. The van der Waals surface area contributed by atoms with Crippen LogP contribution in [0.25, 0.3) is 0 Å². The number of amidine groups is 1. The van der Waals surface area contributed by atoms with Crippen LogP contribution in [0.2, 0.25) is 0 Å². The van der Waals surface area contributed by atoms with E-state index in [0.717, 1.165) is 13.1 Å². The summed E-state index contributed by atoms with van der Waals surface area (Å²) in [6, 6.07) is 0. The molecule has 1 saturated heterocycles. The molecule has 2 aliphatic heterocycles. The molecule has 2 heterocycles. The van der Waals surface area contributed by atoms with Crippen LogP contribution in [0.5, 0.6) is 0 Å². The molecule has 0 atom stereocenters. The summed E-state index contributed by atoms with van der Waals surface area (Å²) in [6.07, 6.45) is 0. The van der Waals surface area contributed by atoms with Crippen LogP contribution in [0, 0.1) is 10.1 Å². The Morgan fingerprint density at radius 2 is 2.27 bits per heavy atom. The second kappa shape index (κ2) is 5.07. The van der Waals surface area contributed by atoms with Crippen molar-refractivity contribution in [2.24, 2.45) is 4.99 Å². The predicted molar refractivity (Wildman–Crippen MR) is 64.4 cm³/mol. The van der Waals surface area contributed by atoms with Gasteiger partial charge in [0.05, 0.1) is 11.1 Å². The summed E-state index contributed by atoms with van der Waals surface area (Å²) >= 11 is 3.89. The Morgan fingerprint density at radius 1 is 1.53 bits per heavy atom. The van der Waals surface area contributed by atoms with Gasteiger partial charge in [0, 0.05) is 29.5 Å². The first-order valence-electron chi connectivity index (χ1n) is 4.89. The molecule has 2 rings (SSSR count). The molecule has 0 bridgehead atoms. The van der Waals surface area contributed by atoms with Crippen molar-refractivity contribution < 1.29 is 4.92 Å². The third kappa shape index (κ3) is 3.01. The van der Waals surface area contributed by atoms with E-state index >= 15 is 0 Å². The average molecular weight is 247 g/mol. The summed E-state index contributed by atoms with van der Waals surface area (Å²) in [4.78, 5) is 16.4. The summed E-state index contributed by atoms with van der Waals surface area (Å²) in [5.74, 6) is 3.06. The Balaban J connectivity index is 1.85. The summed E-state index contributed by atoms with van der Waals surface area (Å²) < 4.78 is 0.569. The van der Waals surface area contributed by atoms with E-state index in [-0.39, 0.29) is 11.5 Å². The standard InChI is InChI=1S/C8H13N3O2S2/c12-11(13)5-7-9-1-2-10(7)6-8-14-3-4-15-8/h8H,1-6H2. The van der Waals surface area contributed by atoms with Crippen molar-refractivity contribution in [2.75, 3.05) is 37.7 Å². The van der Waals surface area contributed by atoms with Crippen LogP contribution < -0.4 is 0 Å². The predicted octanol–water partition coefficient (Wildman–Crippen LogP) is 0.783. The van der Waals surface area contributed by atoms with E-state index in [1.54, 1.807) is 0 Å². The zero-order chi connectivity index (χ0) is 10.7. The Hall–Kier alpha value is -0.430. The van der Waals surface area contributed by atoms with Crippen LogP contribution in [-0.4, -0.2) is 57.9 Å². The molecule has 0 aromatic carbocycles. The summed E-state index contributed by atoms with van der Waals surface area (Å²) in [7, 11) is 0. The van der Waals surface area contributed by atoms with Crippen molar-refractivity contribution in [3.63, 3.8) is 0 Å². The lowest BCUT2D eigenvalue weighted by atomic mass is 10.5. The van der Waals surface area contributed by atoms with Gasteiger partial charge in [0.1, 0.15) is 0 Å². The largest absolute Gasteiger partial charge is 0.351 e. The van der Waals surface area contributed by atoms with Crippen LogP contribution in [0.15, 0.2) is 4.99 Å². The zero-order valence-electron chi connectivity index (χ0n) is 8.29. The lowest BCUT2D eigenvalue weighted by Gasteiger charge is -2.21. The molecule has 7 heteroatoms. The second-order valence-electron chi connectivity index (χ2n) is 3.41. The molecule has 0 N–H and O–H groups in total. The van der Waals surface area contributed by atoms with E-state index in [4.69, 9.17) is 0 Å². The van der Waals surface area contributed by atoms with Crippen molar-refractivity contribution in [3.05, 3.63) is 10.1 Å². The minimum atomic E-state index is -0.300. The van der Waals surface area contributed by atoms with Crippen LogP contribution in [-0.2, 0) is 0 Å². The summed E-state index contributed by atoms with van der Waals surface area (Å²) in [6.45, 7) is 2.34. The highest BCUT2D eigenvalue weighted by atomic mass is 32.2. The second-order valence-corrected chi connectivity index (χ2v) is 6.33. The maximum absolute atomic E-state index is 10.4. The Morgan fingerprint density at radius 3 is 2.93 bits per heavy atom. The molecule has 0 radical (unpaired) electrons. The molecule has 0 saturated carbocycles. The molecular weight excluding hydrogens is 234 g/mol. The van der Waals surface area contributed by atoms with E-state index < -0.39 is 0 Å². The van der Waals surface area contributed by atoms with Crippen molar-refractivity contribution in [3.8, 4) is 0 Å². The Bertz CT molecular complexity index is 279. The third-order valence-corrected chi connectivity index (χ3v) is 5.36. The van der Waals surface area contributed by atoms with Crippen molar-refractivity contribution in [1.82, 2.24) is 4.90 Å². The van der Waals surface area contributed by atoms with Crippen LogP contribution in [0.4, 0.5) is 0 Å². The molecule has 0 aliphatic carbocycles. The number of nitrogens with zero attached hydrogens (tertiary/aromatic N) is 3. The molecule has 15 heavy (non-hydrogen) atoms. The van der Waals surface area contributed by atoms with Gasteiger partial charge in [-0.05, 0) is 0 Å². The highest BCUT2D eigenvalue weighted by Gasteiger charge is 2.26. The number of hydrogen-bond donors (Lipinski definition) is 0. The lowest BCUT2D eigenvalue weighted by Crippen LogP contribution is -2.36. The number of nitro groups is 1. The molecule has 2 aliphatic rings. The first-order valence-corrected chi connectivity index (χ1v) is 6.99. The molecule has 0 spiro atoms. The summed E-state index contributed by atoms with van der Waals surface area (Å²) in [5.41, 5.74) is 0. The van der Waals surface area contributed by atoms with E-state index in [2.05, 4.69) is 9.89 Å². The number of rotatable bonds is 4. The zero-order valence-corrected chi connectivity index (χ0v) is 9.93. The number of aliphatic imine (C=N–C) groups is 1. The SMILES string of the molecule is O=[N+]([O-])CC1=NCCN1CC1SCCS1. The van der Waals surface area contributed by atoms with Gasteiger partial charge < -0.3 is 4.90 Å². The first-order chi connectivity index (χ1) is 7.25. The van der Waals surface area contributed by atoms with Gasteiger partial charge in [-0.1, -0.05) is 0 Å². The highest BCUT2D eigenvalue weighted by Crippen LogP contribution is 2.32. The average Bonchev–Trinajstić information content (AvgIpc) is 2.78. The van der Waals surface area contributed by atoms with E-state index in [1.807, 2.05) is 23.5 Å². The van der Waals surface area contributed by atoms with Gasteiger partial charge in [-0.3, -0.25) is 15.1 Å². The molecule has 0 amide bonds. The maximum atomic E-state index is 10.4. The van der Waals surface area contributed by atoms with Crippen molar-refractivity contribution in [1.29, 1.82) is 0 Å². The monoisotopic (exact) mass is 247 g/mol. The van der Waals surface area contributed by atoms with Gasteiger partial charge in [-0.15, -0.1) is 23.5 Å². The van der Waals surface area contributed by atoms with Crippen molar-refractivity contribution >= 4 is 29.4 Å².